The maximum atomic E-state index is 8.81. The van der Waals surface area contributed by atoms with E-state index >= 15 is 0 Å². The molecule has 0 bridgehead atoms. The Labute approximate surface area is 113 Å². The largest absolute Gasteiger partial charge is 0.496 e. The standard InChI is InChI=1S/C13H10BrN3O/c1-18-12-3-2-10(7-11(12)14)17-13-6-9(8-15)4-5-16-13/h2-7H,1H3,(H,16,17). The van der Waals surface area contributed by atoms with Crippen molar-refractivity contribution >= 4 is 27.4 Å². The van der Waals surface area contributed by atoms with E-state index in [4.69, 9.17) is 10.00 Å². The van der Waals surface area contributed by atoms with E-state index in [-0.39, 0.29) is 0 Å². The van der Waals surface area contributed by atoms with Crippen molar-refractivity contribution in [1.29, 1.82) is 5.26 Å². The van der Waals surface area contributed by atoms with Gasteiger partial charge in [0.25, 0.3) is 0 Å². The van der Waals surface area contributed by atoms with E-state index in [9.17, 15) is 0 Å². The molecule has 0 aliphatic carbocycles. The average Bonchev–Trinajstić information content (AvgIpc) is 2.39. The van der Waals surface area contributed by atoms with Crippen LogP contribution in [0.4, 0.5) is 11.5 Å². The number of hydrogen-bond donors (Lipinski definition) is 1. The average molecular weight is 304 g/mol. The summed E-state index contributed by atoms with van der Waals surface area (Å²) in [6.45, 7) is 0. The van der Waals surface area contributed by atoms with E-state index in [1.54, 1.807) is 25.4 Å². The predicted octanol–water partition coefficient (Wildman–Crippen LogP) is 3.47. The van der Waals surface area contributed by atoms with Crippen LogP contribution in [0, 0.1) is 11.3 Å². The topological polar surface area (TPSA) is 57.9 Å². The SMILES string of the molecule is COc1ccc(Nc2cc(C#N)ccn2)cc1Br. The molecule has 4 nitrogen and oxygen atoms in total. The molecule has 0 saturated carbocycles. The number of nitriles is 1. The van der Waals surface area contributed by atoms with Gasteiger partial charge in [0.15, 0.2) is 0 Å². The van der Waals surface area contributed by atoms with Crippen LogP contribution in [0.5, 0.6) is 5.75 Å². The lowest BCUT2D eigenvalue weighted by atomic mass is 10.2. The molecule has 1 aromatic carbocycles. The summed E-state index contributed by atoms with van der Waals surface area (Å²) in [5.41, 5.74) is 1.44. The van der Waals surface area contributed by atoms with Crippen molar-refractivity contribution in [3.05, 3.63) is 46.6 Å². The number of anilines is 2. The minimum absolute atomic E-state index is 0.570. The number of benzene rings is 1. The predicted molar refractivity (Wildman–Crippen MR) is 72.9 cm³/mol. The number of pyridine rings is 1. The molecule has 1 aromatic heterocycles. The number of methoxy groups -OCH3 is 1. The molecule has 0 unspecified atom stereocenters. The fourth-order valence-corrected chi connectivity index (χ4v) is 2.00. The molecule has 0 fully saturated rings. The lowest BCUT2D eigenvalue weighted by molar-refractivity contribution is 0.412. The van der Waals surface area contributed by atoms with Crippen LogP contribution < -0.4 is 10.1 Å². The lowest BCUT2D eigenvalue weighted by Gasteiger charge is -2.08. The molecule has 1 heterocycles. The molecule has 1 N–H and O–H groups in total. The number of halogens is 1. The minimum Gasteiger partial charge on any atom is -0.496 e. The van der Waals surface area contributed by atoms with Gasteiger partial charge in [-0.1, -0.05) is 0 Å². The van der Waals surface area contributed by atoms with E-state index in [0.717, 1.165) is 15.9 Å². The van der Waals surface area contributed by atoms with Gasteiger partial charge in [-0.05, 0) is 46.3 Å². The Morgan fingerprint density at radius 1 is 1.33 bits per heavy atom. The summed E-state index contributed by atoms with van der Waals surface area (Å²) in [6, 6.07) is 11.0. The number of rotatable bonds is 3. The van der Waals surface area contributed by atoms with Crippen molar-refractivity contribution in [2.24, 2.45) is 0 Å². The zero-order valence-electron chi connectivity index (χ0n) is 9.64. The number of hydrogen-bond acceptors (Lipinski definition) is 4. The summed E-state index contributed by atoms with van der Waals surface area (Å²) in [5.74, 6) is 1.39. The molecular formula is C13H10BrN3O. The first-order valence-corrected chi connectivity index (χ1v) is 5.99. The summed E-state index contributed by atoms with van der Waals surface area (Å²) >= 11 is 3.41. The Hall–Kier alpha value is -2.06. The first-order valence-electron chi connectivity index (χ1n) is 5.19. The third kappa shape index (κ3) is 2.79. The van der Waals surface area contributed by atoms with Crippen molar-refractivity contribution in [2.75, 3.05) is 12.4 Å². The Balaban J connectivity index is 2.23. The Morgan fingerprint density at radius 3 is 2.83 bits per heavy atom. The number of nitrogens with one attached hydrogen (secondary N) is 1. The van der Waals surface area contributed by atoms with E-state index in [2.05, 4.69) is 32.3 Å². The van der Waals surface area contributed by atoms with E-state index in [1.807, 2.05) is 18.2 Å². The van der Waals surface area contributed by atoms with Crippen LogP contribution in [0.2, 0.25) is 0 Å². The minimum atomic E-state index is 0.570. The fourth-order valence-electron chi connectivity index (χ4n) is 1.46. The second-order valence-corrected chi connectivity index (χ2v) is 4.37. The Bertz CT molecular complexity index is 607. The van der Waals surface area contributed by atoms with Crippen LogP contribution in [-0.2, 0) is 0 Å². The highest BCUT2D eigenvalue weighted by Gasteiger charge is 2.02. The molecule has 5 heteroatoms. The summed E-state index contributed by atoms with van der Waals surface area (Å²) in [4.78, 5) is 4.15. The maximum absolute atomic E-state index is 8.81. The third-order valence-electron chi connectivity index (χ3n) is 2.31. The molecule has 18 heavy (non-hydrogen) atoms. The molecule has 0 radical (unpaired) electrons. The van der Waals surface area contributed by atoms with E-state index in [1.165, 1.54) is 0 Å². The highest BCUT2D eigenvalue weighted by molar-refractivity contribution is 9.10. The molecule has 0 saturated heterocycles. The Morgan fingerprint density at radius 2 is 2.17 bits per heavy atom. The van der Waals surface area contributed by atoms with Crippen LogP contribution in [0.3, 0.4) is 0 Å². The summed E-state index contributed by atoms with van der Waals surface area (Å²) in [5, 5.41) is 11.9. The second-order valence-electron chi connectivity index (χ2n) is 3.52. The summed E-state index contributed by atoms with van der Waals surface area (Å²) in [7, 11) is 1.62. The van der Waals surface area contributed by atoms with Gasteiger partial charge in [0.05, 0.1) is 23.2 Å². The molecular weight excluding hydrogens is 294 g/mol. The highest BCUT2D eigenvalue weighted by Crippen LogP contribution is 2.28. The van der Waals surface area contributed by atoms with Crippen molar-refractivity contribution in [3.63, 3.8) is 0 Å². The van der Waals surface area contributed by atoms with Gasteiger partial charge in [0.1, 0.15) is 11.6 Å². The van der Waals surface area contributed by atoms with Crippen molar-refractivity contribution in [2.45, 2.75) is 0 Å². The van der Waals surface area contributed by atoms with Gasteiger partial charge in [-0.15, -0.1) is 0 Å². The lowest BCUT2D eigenvalue weighted by Crippen LogP contribution is -1.94. The number of aromatic nitrogens is 1. The molecule has 0 aliphatic heterocycles. The summed E-state index contributed by atoms with van der Waals surface area (Å²) in [6.07, 6.45) is 1.60. The smallest absolute Gasteiger partial charge is 0.133 e. The molecule has 0 atom stereocenters. The van der Waals surface area contributed by atoms with Gasteiger partial charge < -0.3 is 10.1 Å². The molecule has 0 spiro atoms. The van der Waals surface area contributed by atoms with Gasteiger partial charge in [0.2, 0.25) is 0 Å². The first kappa shape index (κ1) is 12.4. The van der Waals surface area contributed by atoms with Crippen molar-refractivity contribution in [3.8, 4) is 11.8 Å². The van der Waals surface area contributed by atoms with Gasteiger partial charge >= 0.3 is 0 Å². The van der Waals surface area contributed by atoms with Crippen LogP contribution >= 0.6 is 15.9 Å². The van der Waals surface area contributed by atoms with Crippen LogP contribution in [-0.4, -0.2) is 12.1 Å². The van der Waals surface area contributed by atoms with Gasteiger partial charge in [-0.2, -0.15) is 5.26 Å². The van der Waals surface area contributed by atoms with E-state index < -0.39 is 0 Å². The normalized spacial score (nSPS) is 9.61. The molecule has 2 rings (SSSR count). The van der Waals surface area contributed by atoms with Crippen LogP contribution in [0.1, 0.15) is 5.56 Å². The number of ether oxygens (including phenoxy) is 1. The highest BCUT2D eigenvalue weighted by atomic mass is 79.9. The molecule has 0 aliphatic rings. The van der Waals surface area contributed by atoms with Gasteiger partial charge in [0, 0.05) is 11.9 Å². The van der Waals surface area contributed by atoms with Gasteiger partial charge in [-0.3, -0.25) is 0 Å². The summed E-state index contributed by atoms with van der Waals surface area (Å²) < 4.78 is 6.01. The van der Waals surface area contributed by atoms with Crippen LogP contribution in [0.25, 0.3) is 0 Å². The van der Waals surface area contributed by atoms with Crippen LogP contribution in [0.15, 0.2) is 41.0 Å². The number of nitrogens with zero attached hydrogens (tertiary/aromatic N) is 2. The third-order valence-corrected chi connectivity index (χ3v) is 2.93. The monoisotopic (exact) mass is 303 g/mol. The Kier molecular flexibility index (Phi) is 3.80. The zero-order chi connectivity index (χ0) is 13.0. The maximum Gasteiger partial charge on any atom is 0.133 e. The fraction of sp³-hybridized carbons (Fsp3) is 0.0769. The van der Waals surface area contributed by atoms with Crippen molar-refractivity contribution < 1.29 is 4.74 Å². The van der Waals surface area contributed by atoms with Gasteiger partial charge in [-0.25, -0.2) is 4.98 Å². The zero-order valence-corrected chi connectivity index (χ0v) is 11.2. The van der Waals surface area contributed by atoms with E-state index in [0.29, 0.717) is 11.4 Å². The molecule has 90 valence electrons. The van der Waals surface area contributed by atoms with Crippen molar-refractivity contribution in [1.82, 2.24) is 4.98 Å². The molecule has 0 amide bonds. The molecule has 2 aromatic rings. The quantitative estimate of drug-likeness (QED) is 0.943. The first-order chi connectivity index (χ1) is 8.72. The second kappa shape index (κ2) is 5.52.